The molecule has 25 heavy (non-hydrogen) atoms. The van der Waals surface area contributed by atoms with E-state index >= 15 is 0 Å². The molecule has 6 nitrogen and oxygen atoms in total. The van der Waals surface area contributed by atoms with Crippen LogP contribution in [0, 0.1) is 0 Å². The van der Waals surface area contributed by atoms with Crippen LogP contribution in [0.4, 0.5) is 0 Å². The van der Waals surface area contributed by atoms with E-state index in [-0.39, 0.29) is 0 Å². The fraction of sp³-hybridized carbons (Fsp3) is 0.263. The molecule has 2 aromatic heterocycles. The summed E-state index contributed by atoms with van der Waals surface area (Å²) in [7, 11) is 4.06. The molecule has 128 valence electrons. The highest BCUT2D eigenvalue weighted by Crippen LogP contribution is 2.33. The van der Waals surface area contributed by atoms with Gasteiger partial charge in [-0.25, -0.2) is 0 Å². The van der Waals surface area contributed by atoms with Gasteiger partial charge in [0.2, 0.25) is 6.79 Å². The van der Waals surface area contributed by atoms with Crippen molar-refractivity contribution in [1.29, 1.82) is 0 Å². The highest BCUT2D eigenvalue weighted by Gasteiger charge is 2.15. The molecule has 1 aliphatic rings. The zero-order valence-electron chi connectivity index (χ0n) is 14.3. The van der Waals surface area contributed by atoms with Crippen molar-refractivity contribution in [1.82, 2.24) is 19.7 Å². The lowest BCUT2D eigenvalue weighted by atomic mass is 10.1. The van der Waals surface area contributed by atoms with Gasteiger partial charge in [-0.1, -0.05) is 6.07 Å². The van der Waals surface area contributed by atoms with Crippen LogP contribution in [0.1, 0.15) is 11.1 Å². The quantitative estimate of drug-likeness (QED) is 0.717. The third-order valence-electron chi connectivity index (χ3n) is 4.19. The van der Waals surface area contributed by atoms with Gasteiger partial charge in [-0.05, 0) is 36.9 Å². The Morgan fingerprint density at radius 3 is 2.72 bits per heavy atom. The molecule has 4 rings (SSSR count). The lowest BCUT2D eigenvalue weighted by Crippen LogP contribution is -2.17. The minimum absolute atomic E-state index is 0.305. The summed E-state index contributed by atoms with van der Waals surface area (Å²) < 4.78 is 12.7. The number of ether oxygens (including phenoxy) is 2. The van der Waals surface area contributed by atoms with Crippen LogP contribution in [0.25, 0.3) is 11.3 Å². The normalized spacial score (nSPS) is 12.8. The summed E-state index contributed by atoms with van der Waals surface area (Å²) in [5, 5.41) is 4.61. The highest BCUT2D eigenvalue weighted by atomic mass is 16.7. The standard InChI is InChI=1S/C19H20N4O2/c1-22(10-14-3-4-17-18(9-14)25-13-24-17)11-16-12-23(2)21-19(16)15-5-7-20-8-6-15/h3-9,12H,10-11,13H2,1-2H3. The van der Waals surface area contributed by atoms with E-state index in [1.165, 1.54) is 11.1 Å². The van der Waals surface area contributed by atoms with Gasteiger partial charge in [0.25, 0.3) is 0 Å². The summed E-state index contributed by atoms with van der Waals surface area (Å²) in [6, 6.07) is 10.1. The van der Waals surface area contributed by atoms with Crippen molar-refractivity contribution in [3.63, 3.8) is 0 Å². The number of aryl methyl sites for hydroxylation is 1. The Kier molecular flexibility index (Phi) is 4.11. The Morgan fingerprint density at radius 1 is 1.08 bits per heavy atom. The third kappa shape index (κ3) is 3.34. The van der Waals surface area contributed by atoms with Gasteiger partial charge in [0.1, 0.15) is 0 Å². The van der Waals surface area contributed by atoms with Crippen LogP contribution >= 0.6 is 0 Å². The number of pyridine rings is 1. The number of hydrogen-bond acceptors (Lipinski definition) is 5. The minimum atomic E-state index is 0.305. The van der Waals surface area contributed by atoms with Crippen LogP contribution in [0.15, 0.2) is 48.9 Å². The van der Waals surface area contributed by atoms with Crippen molar-refractivity contribution in [2.24, 2.45) is 7.05 Å². The molecule has 6 heteroatoms. The third-order valence-corrected chi connectivity index (χ3v) is 4.19. The molecule has 3 heterocycles. The first-order valence-corrected chi connectivity index (χ1v) is 8.19. The molecule has 0 aliphatic carbocycles. The molecular weight excluding hydrogens is 316 g/mol. The Morgan fingerprint density at radius 2 is 1.88 bits per heavy atom. The van der Waals surface area contributed by atoms with Crippen molar-refractivity contribution in [2.45, 2.75) is 13.1 Å². The average molecular weight is 336 g/mol. The summed E-state index contributed by atoms with van der Waals surface area (Å²) in [4.78, 5) is 6.35. The number of hydrogen-bond donors (Lipinski definition) is 0. The summed E-state index contributed by atoms with van der Waals surface area (Å²) in [5.74, 6) is 1.64. The van der Waals surface area contributed by atoms with Gasteiger partial charge in [0.05, 0.1) is 5.69 Å². The van der Waals surface area contributed by atoms with Gasteiger partial charge in [-0.2, -0.15) is 5.10 Å². The second-order valence-corrected chi connectivity index (χ2v) is 6.27. The van der Waals surface area contributed by atoms with E-state index in [9.17, 15) is 0 Å². The SMILES string of the molecule is CN(Cc1ccc2c(c1)OCO2)Cc1cn(C)nc1-c1ccncc1. The van der Waals surface area contributed by atoms with E-state index in [2.05, 4.69) is 34.3 Å². The van der Waals surface area contributed by atoms with E-state index in [1.54, 1.807) is 12.4 Å². The van der Waals surface area contributed by atoms with Crippen molar-refractivity contribution in [3.05, 3.63) is 60.0 Å². The van der Waals surface area contributed by atoms with Gasteiger partial charge in [-0.3, -0.25) is 14.6 Å². The minimum Gasteiger partial charge on any atom is -0.454 e. The molecule has 1 aliphatic heterocycles. The van der Waals surface area contributed by atoms with Crippen LogP contribution in [-0.4, -0.2) is 33.5 Å². The fourth-order valence-corrected chi connectivity index (χ4v) is 3.10. The maximum atomic E-state index is 5.46. The fourth-order valence-electron chi connectivity index (χ4n) is 3.10. The lowest BCUT2D eigenvalue weighted by Gasteiger charge is -2.17. The Bertz CT molecular complexity index is 876. The zero-order chi connectivity index (χ0) is 17.2. The Balaban J connectivity index is 1.51. The second kappa shape index (κ2) is 6.57. The van der Waals surface area contributed by atoms with Crippen LogP contribution in [-0.2, 0) is 20.1 Å². The van der Waals surface area contributed by atoms with Gasteiger partial charge in [0.15, 0.2) is 11.5 Å². The maximum Gasteiger partial charge on any atom is 0.231 e. The molecule has 0 unspecified atom stereocenters. The number of rotatable bonds is 5. The predicted octanol–water partition coefficient (Wildman–Crippen LogP) is 2.84. The number of benzene rings is 1. The maximum absolute atomic E-state index is 5.46. The molecule has 1 aromatic carbocycles. The molecule has 0 saturated carbocycles. The molecule has 0 saturated heterocycles. The molecule has 3 aromatic rings. The molecule has 0 fully saturated rings. The van der Waals surface area contributed by atoms with Gasteiger partial charge in [0, 0.05) is 49.9 Å². The van der Waals surface area contributed by atoms with Crippen LogP contribution in [0.3, 0.4) is 0 Å². The molecule has 0 N–H and O–H groups in total. The average Bonchev–Trinajstić information content (AvgIpc) is 3.21. The van der Waals surface area contributed by atoms with Crippen molar-refractivity contribution < 1.29 is 9.47 Å². The van der Waals surface area contributed by atoms with E-state index < -0.39 is 0 Å². The summed E-state index contributed by atoms with van der Waals surface area (Å²) in [6.45, 7) is 1.93. The van der Waals surface area contributed by atoms with Crippen LogP contribution in [0.2, 0.25) is 0 Å². The largest absolute Gasteiger partial charge is 0.454 e. The summed E-state index contributed by atoms with van der Waals surface area (Å²) in [6.07, 6.45) is 5.67. The molecule has 0 radical (unpaired) electrons. The monoisotopic (exact) mass is 336 g/mol. The summed E-state index contributed by atoms with van der Waals surface area (Å²) >= 11 is 0. The Hall–Kier alpha value is -2.86. The smallest absolute Gasteiger partial charge is 0.231 e. The second-order valence-electron chi connectivity index (χ2n) is 6.27. The van der Waals surface area contributed by atoms with Crippen molar-refractivity contribution in [2.75, 3.05) is 13.8 Å². The van der Waals surface area contributed by atoms with Crippen LogP contribution < -0.4 is 9.47 Å². The lowest BCUT2D eigenvalue weighted by molar-refractivity contribution is 0.174. The molecule has 0 atom stereocenters. The zero-order valence-corrected chi connectivity index (χ0v) is 14.3. The molecular formula is C19H20N4O2. The van der Waals surface area contributed by atoms with E-state index in [0.717, 1.165) is 35.8 Å². The summed E-state index contributed by atoms with van der Waals surface area (Å²) in [5.41, 5.74) is 4.47. The molecule has 0 bridgehead atoms. The van der Waals surface area contributed by atoms with Crippen LogP contribution in [0.5, 0.6) is 11.5 Å². The number of nitrogens with zero attached hydrogens (tertiary/aromatic N) is 4. The van der Waals surface area contributed by atoms with Gasteiger partial charge in [-0.15, -0.1) is 0 Å². The Labute approximate surface area is 146 Å². The first kappa shape index (κ1) is 15.7. The van der Waals surface area contributed by atoms with Crippen molar-refractivity contribution in [3.8, 4) is 22.8 Å². The number of aromatic nitrogens is 3. The van der Waals surface area contributed by atoms with E-state index in [1.807, 2.05) is 36.0 Å². The van der Waals surface area contributed by atoms with E-state index in [0.29, 0.717) is 6.79 Å². The topological polar surface area (TPSA) is 52.4 Å². The first-order valence-electron chi connectivity index (χ1n) is 8.19. The highest BCUT2D eigenvalue weighted by molar-refractivity contribution is 5.61. The predicted molar refractivity (Wildman–Crippen MR) is 94.2 cm³/mol. The van der Waals surface area contributed by atoms with Gasteiger partial charge >= 0.3 is 0 Å². The van der Waals surface area contributed by atoms with Gasteiger partial charge < -0.3 is 9.47 Å². The first-order chi connectivity index (χ1) is 12.2. The molecule has 0 amide bonds. The van der Waals surface area contributed by atoms with Crippen molar-refractivity contribution >= 4 is 0 Å². The van der Waals surface area contributed by atoms with E-state index in [4.69, 9.17) is 9.47 Å². The molecule has 0 spiro atoms. The number of fused-ring (bicyclic) bond motifs is 1.